The van der Waals surface area contributed by atoms with Crippen molar-refractivity contribution in [3.05, 3.63) is 48.0 Å². The highest BCUT2D eigenvalue weighted by atomic mass is 16.5. The predicted octanol–water partition coefficient (Wildman–Crippen LogP) is 1.84. The zero-order valence-electron chi connectivity index (χ0n) is 13.5. The summed E-state index contributed by atoms with van der Waals surface area (Å²) >= 11 is 0. The Morgan fingerprint density at radius 1 is 1.17 bits per heavy atom. The van der Waals surface area contributed by atoms with E-state index < -0.39 is 11.9 Å². The van der Waals surface area contributed by atoms with Crippen LogP contribution in [-0.2, 0) is 30.5 Å². The molecule has 0 atom stereocenters. The molecule has 0 aliphatic carbocycles. The van der Waals surface area contributed by atoms with Crippen molar-refractivity contribution < 1.29 is 23.9 Å². The van der Waals surface area contributed by atoms with E-state index in [1.54, 1.807) is 4.90 Å². The fourth-order valence-corrected chi connectivity index (χ4v) is 2.33. The molecule has 0 saturated carbocycles. The second-order valence-corrected chi connectivity index (χ2v) is 5.55. The fourth-order valence-electron chi connectivity index (χ4n) is 2.33. The lowest BCUT2D eigenvalue weighted by molar-refractivity contribution is -0.147. The first kappa shape index (κ1) is 17.7. The number of carbonyl (C=O) groups is 3. The van der Waals surface area contributed by atoms with E-state index in [4.69, 9.17) is 9.47 Å². The summed E-state index contributed by atoms with van der Waals surface area (Å²) in [6.07, 6.45) is 1.18. The number of hydrogen-bond donors (Lipinski definition) is 0. The van der Waals surface area contributed by atoms with Crippen molar-refractivity contribution in [3.63, 3.8) is 0 Å². The van der Waals surface area contributed by atoms with E-state index >= 15 is 0 Å². The Bertz CT molecular complexity index is 611. The molecule has 128 valence electrons. The summed E-state index contributed by atoms with van der Waals surface area (Å²) in [4.78, 5) is 36.6. The molecule has 0 unspecified atom stereocenters. The monoisotopic (exact) mass is 331 g/mol. The lowest BCUT2D eigenvalue weighted by Crippen LogP contribution is -2.29. The zero-order valence-corrected chi connectivity index (χ0v) is 13.5. The Hall–Kier alpha value is -2.63. The summed E-state index contributed by atoms with van der Waals surface area (Å²) < 4.78 is 10.1. The lowest BCUT2D eigenvalue weighted by atomic mass is 10.2. The average Bonchev–Trinajstić information content (AvgIpc) is 2.99. The molecule has 1 aromatic carbocycles. The summed E-state index contributed by atoms with van der Waals surface area (Å²) in [5.74, 6) is -1.09. The van der Waals surface area contributed by atoms with Crippen LogP contribution in [0.1, 0.15) is 24.8 Å². The molecule has 0 aromatic heterocycles. The molecule has 6 nitrogen and oxygen atoms in total. The normalized spacial score (nSPS) is 13.7. The lowest BCUT2D eigenvalue weighted by Gasteiger charge is -2.15. The standard InChI is InChI=1S/C18H21NO5/c1-14(12-17(21)24-13-15-6-3-2-4-7-15)18(22)23-11-10-19-9-5-8-16(19)20/h2-4,6-7H,1,5,8-13H2. The summed E-state index contributed by atoms with van der Waals surface area (Å²) in [5, 5.41) is 0. The molecular weight excluding hydrogens is 310 g/mol. The SMILES string of the molecule is C=C(CC(=O)OCc1ccccc1)C(=O)OCCN1CCCC1=O. The van der Waals surface area contributed by atoms with Gasteiger partial charge in [-0.3, -0.25) is 9.59 Å². The number of esters is 2. The van der Waals surface area contributed by atoms with Gasteiger partial charge in [-0.05, 0) is 12.0 Å². The van der Waals surface area contributed by atoms with Crippen LogP contribution in [0.5, 0.6) is 0 Å². The first-order valence-electron chi connectivity index (χ1n) is 7.88. The van der Waals surface area contributed by atoms with E-state index in [-0.39, 0.29) is 31.1 Å². The quantitative estimate of drug-likeness (QED) is 0.537. The van der Waals surface area contributed by atoms with Crippen LogP contribution in [0.15, 0.2) is 42.5 Å². The molecule has 1 heterocycles. The number of carbonyl (C=O) groups excluding carboxylic acids is 3. The van der Waals surface area contributed by atoms with Crippen molar-refractivity contribution in [2.24, 2.45) is 0 Å². The van der Waals surface area contributed by atoms with Crippen molar-refractivity contribution in [1.29, 1.82) is 0 Å². The summed E-state index contributed by atoms with van der Waals surface area (Å²) in [5.41, 5.74) is 0.912. The van der Waals surface area contributed by atoms with Gasteiger partial charge < -0.3 is 14.4 Å². The second-order valence-electron chi connectivity index (χ2n) is 5.55. The van der Waals surface area contributed by atoms with Crippen molar-refractivity contribution in [2.75, 3.05) is 19.7 Å². The molecule has 0 spiro atoms. The highest BCUT2D eigenvalue weighted by Crippen LogP contribution is 2.10. The molecule has 0 N–H and O–H groups in total. The molecule has 0 bridgehead atoms. The Morgan fingerprint density at radius 2 is 1.92 bits per heavy atom. The van der Waals surface area contributed by atoms with Gasteiger partial charge >= 0.3 is 11.9 Å². The number of nitrogens with zero attached hydrogens (tertiary/aromatic N) is 1. The fraction of sp³-hybridized carbons (Fsp3) is 0.389. The van der Waals surface area contributed by atoms with Crippen LogP contribution in [0.3, 0.4) is 0 Å². The first-order chi connectivity index (χ1) is 11.6. The molecule has 1 aromatic rings. The van der Waals surface area contributed by atoms with Gasteiger partial charge in [0.1, 0.15) is 13.2 Å². The van der Waals surface area contributed by atoms with Crippen molar-refractivity contribution >= 4 is 17.8 Å². The summed E-state index contributed by atoms with van der Waals surface area (Å²) in [6.45, 7) is 4.88. The number of benzene rings is 1. The number of rotatable bonds is 8. The molecular formula is C18H21NO5. The minimum absolute atomic E-state index is 0.0424. The Labute approximate surface area is 141 Å². The molecule has 1 fully saturated rings. The van der Waals surface area contributed by atoms with Crippen LogP contribution in [0.2, 0.25) is 0 Å². The Balaban J connectivity index is 1.64. The second kappa shape index (κ2) is 8.86. The Morgan fingerprint density at radius 3 is 2.58 bits per heavy atom. The third kappa shape index (κ3) is 5.53. The van der Waals surface area contributed by atoms with Gasteiger partial charge in [0, 0.05) is 18.5 Å². The van der Waals surface area contributed by atoms with E-state index in [2.05, 4.69) is 6.58 Å². The highest BCUT2D eigenvalue weighted by molar-refractivity contribution is 5.93. The van der Waals surface area contributed by atoms with Gasteiger partial charge in [-0.2, -0.15) is 0 Å². The largest absolute Gasteiger partial charge is 0.461 e. The summed E-state index contributed by atoms with van der Waals surface area (Å²) in [6, 6.07) is 9.26. The maximum absolute atomic E-state index is 11.8. The third-order valence-electron chi connectivity index (χ3n) is 3.65. The van der Waals surface area contributed by atoms with Gasteiger partial charge in [0.25, 0.3) is 0 Å². The predicted molar refractivity (Wildman–Crippen MR) is 86.8 cm³/mol. The van der Waals surface area contributed by atoms with Crippen LogP contribution in [-0.4, -0.2) is 42.4 Å². The van der Waals surface area contributed by atoms with Crippen molar-refractivity contribution in [3.8, 4) is 0 Å². The number of hydrogen-bond acceptors (Lipinski definition) is 5. The van der Waals surface area contributed by atoms with Gasteiger partial charge in [-0.25, -0.2) is 4.79 Å². The number of ether oxygens (including phenoxy) is 2. The van der Waals surface area contributed by atoms with Crippen LogP contribution < -0.4 is 0 Å². The smallest absolute Gasteiger partial charge is 0.334 e. The Kier molecular flexibility index (Phi) is 6.54. The highest BCUT2D eigenvalue weighted by Gasteiger charge is 2.20. The average molecular weight is 331 g/mol. The van der Waals surface area contributed by atoms with Crippen molar-refractivity contribution in [2.45, 2.75) is 25.9 Å². The van der Waals surface area contributed by atoms with Gasteiger partial charge in [-0.15, -0.1) is 0 Å². The number of likely N-dealkylation sites (tertiary alicyclic amines) is 1. The minimum atomic E-state index is -0.640. The van der Waals surface area contributed by atoms with Crippen LogP contribution in [0.4, 0.5) is 0 Å². The summed E-state index contributed by atoms with van der Waals surface area (Å²) in [7, 11) is 0. The van der Waals surface area contributed by atoms with Gasteiger partial charge in [0.15, 0.2) is 0 Å². The van der Waals surface area contributed by atoms with Gasteiger partial charge in [0.2, 0.25) is 5.91 Å². The molecule has 1 aliphatic rings. The van der Waals surface area contributed by atoms with E-state index in [1.165, 1.54) is 0 Å². The van der Waals surface area contributed by atoms with Crippen molar-refractivity contribution in [1.82, 2.24) is 4.90 Å². The maximum atomic E-state index is 11.8. The van der Waals surface area contributed by atoms with Crippen LogP contribution >= 0.6 is 0 Å². The molecule has 1 amide bonds. The molecule has 6 heteroatoms. The van der Waals surface area contributed by atoms with E-state index in [9.17, 15) is 14.4 Å². The van der Waals surface area contributed by atoms with Crippen LogP contribution in [0, 0.1) is 0 Å². The van der Waals surface area contributed by atoms with Gasteiger partial charge in [0.05, 0.1) is 13.0 Å². The van der Waals surface area contributed by atoms with Crippen LogP contribution in [0.25, 0.3) is 0 Å². The molecule has 1 aliphatic heterocycles. The molecule has 2 rings (SSSR count). The first-order valence-corrected chi connectivity index (χ1v) is 7.88. The van der Waals surface area contributed by atoms with Gasteiger partial charge in [-0.1, -0.05) is 36.9 Å². The number of amides is 1. The van der Waals surface area contributed by atoms with E-state index in [0.29, 0.717) is 19.5 Å². The third-order valence-corrected chi connectivity index (χ3v) is 3.65. The molecule has 24 heavy (non-hydrogen) atoms. The minimum Gasteiger partial charge on any atom is -0.461 e. The topological polar surface area (TPSA) is 72.9 Å². The van der Waals surface area contributed by atoms with E-state index in [1.807, 2.05) is 30.3 Å². The maximum Gasteiger partial charge on any atom is 0.334 e. The molecule has 0 radical (unpaired) electrons. The molecule has 1 saturated heterocycles. The van der Waals surface area contributed by atoms with E-state index in [0.717, 1.165) is 12.0 Å². The zero-order chi connectivity index (χ0) is 17.4.